The van der Waals surface area contributed by atoms with Crippen LogP contribution >= 0.6 is 23.2 Å². The molecule has 2 atom stereocenters. The van der Waals surface area contributed by atoms with Crippen molar-refractivity contribution in [1.82, 2.24) is 15.6 Å². The summed E-state index contributed by atoms with van der Waals surface area (Å²) >= 11 is 12.7. The minimum absolute atomic E-state index is 0.00443. The van der Waals surface area contributed by atoms with Gasteiger partial charge in [-0.05, 0) is 73.2 Å². The van der Waals surface area contributed by atoms with E-state index in [9.17, 15) is 23.6 Å². The number of aliphatic imine (C=N–C) groups is 1. The second-order valence-electron chi connectivity index (χ2n) is 10.6. The average molecular weight is 680 g/mol. The number of halogens is 3. The summed E-state index contributed by atoms with van der Waals surface area (Å²) in [5.41, 5.74) is 2.15. The van der Waals surface area contributed by atoms with E-state index in [-0.39, 0.29) is 36.6 Å². The number of hydrogen-bond donors (Lipinski definition) is 4. The number of fused-ring (bicyclic) bond motifs is 6. The van der Waals surface area contributed by atoms with Crippen molar-refractivity contribution in [3.05, 3.63) is 99.6 Å². The second-order valence-corrected chi connectivity index (χ2v) is 11.5. The molecule has 3 heterocycles. The Bertz CT molecular complexity index is 1860. The van der Waals surface area contributed by atoms with Gasteiger partial charge in [0, 0.05) is 58.6 Å². The first-order valence-electron chi connectivity index (χ1n) is 14.4. The Morgan fingerprint density at radius 3 is 2.66 bits per heavy atom. The van der Waals surface area contributed by atoms with Crippen molar-refractivity contribution in [3.8, 4) is 0 Å². The van der Waals surface area contributed by atoms with Gasteiger partial charge < -0.3 is 20.7 Å². The van der Waals surface area contributed by atoms with E-state index in [1.807, 2.05) is 0 Å². The molecule has 0 fully saturated rings. The number of carbonyl (C=O) groups is 4. The molecule has 3 aromatic rings. The molecule has 0 saturated heterocycles. The zero-order valence-electron chi connectivity index (χ0n) is 25.2. The fraction of sp³-hybridized carbons (Fsp3) is 0.212. The number of aromatic nitrogens is 1. The van der Waals surface area contributed by atoms with E-state index in [2.05, 4.69) is 36.0 Å². The maximum atomic E-state index is 14.8. The lowest BCUT2D eigenvalue weighted by molar-refractivity contribution is -0.117. The van der Waals surface area contributed by atoms with Gasteiger partial charge in [0.1, 0.15) is 17.2 Å². The Balaban J connectivity index is 1.52. The highest BCUT2D eigenvalue weighted by Crippen LogP contribution is 2.30. The number of nitrogens with one attached hydrogen (secondary N) is 4. The number of hydrogen-bond acceptors (Lipinski definition) is 8. The summed E-state index contributed by atoms with van der Waals surface area (Å²) in [6, 6.07) is 11.5. The van der Waals surface area contributed by atoms with E-state index < -0.39 is 35.3 Å². The van der Waals surface area contributed by atoms with Gasteiger partial charge in [-0.25, -0.2) is 14.2 Å². The van der Waals surface area contributed by atoms with Crippen molar-refractivity contribution in [2.24, 2.45) is 4.99 Å². The van der Waals surface area contributed by atoms with Gasteiger partial charge in [0.05, 0.1) is 24.5 Å². The van der Waals surface area contributed by atoms with Crippen LogP contribution in [0.2, 0.25) is 5.02 Å². The first kappa shape index (κ1) is 33.3. The van der Waals surface area contributed by atoms with Crippen LogP contribution in [0.15, 0.2) is 65.7 Å². The summed E-state index contributed by atoms with van der Waals surface area (Å²) in [6.07, 6.45) is 3.69. The van der Waals surface area contributed by atoms with E-state index in [1.165, 1.54) is 38.3 Å². The SMILES string of the molecule is COC(=O)Nc1ccc2c(c1)NC(=O)CCc1nc(ccc1F)CC(NC(=O)/C=C/c1cc(Cl)ccc1C(C)=O)C1=NC(Cl)C=C2N1. The van der Waals surface area contributed by atoms with Crippen LogP contribution in [0.4, 0.5) is 20.6 Å². The Morgan fingerprint density at radius 2 is 1.89 bits per heavy atom. The summed E-state index contributed by atoms with van der Waals surface area (Å²) in [6.45, 7) is 1.42. The number of methoxy groups -OCH3 is 1. The van der Waals surface area contributed by atoms with Gasteiger partial charge in [0.2, 0.25) is 11.8 Å². The van der Waals surface area contributed by atoms with Crippen LogP contribution < -0.4 is 21.3 Å². The lowest BCUT2D eigenvalue weighted by Gasteiger charge is -2.28. The van der Waals surface area contributed by atoms with Crippen LogP contribution in [-0.4, -0.2) is 53.2 Å². The third-order valence-electron chi connectivity index (χ3n) is 7.28. The molecular weight excluding hydrogens is 650 g/mol. The van der Waals surface area contributed by atoms with Gasteiger partial charge >= 0.3 is 6.09 Å². The monoisotopic (exact) mass is 678 g/mol. The number of Topliss-reactive ketones (excluding diaryl/α,β-unsaturated/α-hetero) is 1. The number of ether oxygens (including phenoxy) is 1. The van der Waals surface area contributed by atoms with Crippen molar-refractivity contribution >= 4 is 75.9 Å². The van der Waals surface area contributed by atoms with Crippen molar-refractivity contribution in [3.63, 3.8) is 0 Å². The summed E-state index contributed by atoms with van der Waals surface area (Å²) in [5, 5.41) is 11.9. The zero-order valence-corrected chi connectivity index (χ0v) is 26.7. The quantitative estimate of drug-likeness (QED) is 0.121. The third kappa shape index (κ3) is 8.40. The van der Waals surface area contributed by atoms with Crippen molar-refractivity contribution in [2.45, 2.75) is 37.7 Å². The lowest BCUT2D eigenvalue weighted by atomic mass is 10.0. The number of amides is 3. The van der Waals surface area contributed by atoms with Crippen molar-refractivity contribution in [1.29, 1.82) is 0 Å². The predicted molar refractivity (Wildman–Crippen MR) is 178 cm³/mol. The molecule has 1 aromatic heterocycles. The van der Waals surface area contributed by atoms with Crippen molar-refractivity contribution in [2.75, 3.05) is 17.7 Å². The molecule has 0 aliphatic carbocycles. The number of aryl methyl sites for hydroxylation is 1. The van der Waals surface area contributed by atoms with Crippen LogP contribution in [0.3, 0.4) is 0 Å². The lowest BCUT2D eigenvalue weighted by Crippen LogP contribution is -2.48. The minimum atomic E-state index is -0.873. The smallest absolute Gasteiger partial charge is 0.411 e. The molecule has 14 heteroatoms. The van der Waals surface area contributed by atoms with E-state index in [0.717, 1.165) is 0 Å². The summed E-state index contributed by atoms with van der Waals surface area (Å²) in [5.74, 6) is -1.43. The molecular formula is C33H29Cl2FN6O5. The van der Waals surface area contributed by atoms with E-state index in [0.29, 0.717) is 44.5 Å². The molecule has 2 aliphatic heterocycles. The first-order chi connectivity index (χ1) is 22.5. The standard InChI is InChI=1S/C33H29Cl2FN6O5/c1-17(43)22-7-4-19(34)13-18(22)3-11-30(44)40-28-15-20-6-9-24(36)25(37-20)10-12-31(45)39-26-14-21(38-33(46)47-2)5-8-23(26)27-16-29(35)42-32(28)41-27/h3-9,11,13-14,16,28-29H,10,12,15H2,1-2H3,(H,38,46)(H,39,45)(H,40,44)(H,41,42)/b11-3+. The predicted octanol–water partition coefficient (Wildman–Crippen LogP) is 5.49. The molecule has 0 saturated carbocycles. The molecule has 47 heavy (non-hydrogen) atoms. The van der Waals surface area contributed by atoms with Gasteiger partial charge in [-0.2, -0.15) is 0 Å². The fourth-order valence-electron chi connectivity index (χ4n) is 5.05. The zero-order chi connectivity index (χ0) is 33.7. The largest absolute Gasteiger partial charge is 0.453 e. The molecule has 4 bridgehead atoms. The molecule has 4 N–H and O–H groups in total. The molecule has 11 nitrogen and oxygen atoms in total. The van der Waals surface area contributed by atoms with Gasteiger partial charge in [-0.3, -0.25) is 24.7 Å². The number of nitrogens with zero attached hydrogens (tertiary/aromatic N) is 2. The molecule has 2 aliphatic rings. The highest BCUT2D eigenvalue weighted by molar-refractivity contribution is 6.31. The van der Waals surface area contributed by atoms with E-state index >= 15 is 0 Å². The molecule has 2 unspecified atom stereocenters. The molecule has 0 radical (unpaired) electrons. The Morgan fingerprint density at radius 1 is 1.09 bits per heavy atom. The van der Waals surface area contributed by atoms with Crippen molar-refractivity contribution < 1.29 is 28.3 Å². The number of anilines is 2. The Kier molecular flexibility index (Phi) is 10.3. The normalized spacial score (nSPS) is 17.6. The molecule has 3 amide bonds. The fourth-order valence-corrected chi connectivity index (χ4v) is 5.46. The van der Waals surface area contributed by atoms with Crippen LogP contribution in [0.1, 0.15) is 46.2 Å². The molecule has 2 aromatic carbocycles. The Hall–Kier alpha value is -5.07. The minimum Gasteiger partial charge on any atom is -0.453 e. The number of amidine groups is 1. The van der Waals surface area contributed by atoms with Crippen LogP contribution in [-0.2, 0) is 27.2 Å². The summed E-state index contributed by atoms with van der Waals surface area (Å²) in [7, 11) is 1.22. The van der Waals surface area contributed by atoms with Gasteiger partial charge in [-0.1, -0.05) is 23.2 Å². The number of carbonyl (C=O) groups excluding carboxylic acids is 4. The summed E-state index contributed by atoms with van der Waals surface area (Å²) in [4.78, 5) is 59.3. The number of benzene rings is 2. The topological polar surface area (TPSA) is 151 Å². The second kappa shape index (κ2) is 14.6. The number of pyridine rings is 1. The average Bonchev–Trinajstić information content (AvgIpc) is 3.03. The van der Waals surface area contributed by atoms with Crippen LogP contribution in [0.5, 0.6) is 0 Å². The molecule has 5 rings (SSSR count). The van der Waals surface area contributed by atoms with E-state index in [4.69, 9.17) is 23.2 Å². The van der Waals surface area contributed by atoms with Gasteiger partial charge in [0.15, 0.2) is 5.78 Å². The maximum Gasteiger partial charge on any atom is 0.411 e. The number of rotatable bonds is 5. The number of alkyl halides is 1. The number of ketones is 1. The van der Waals surface area contributed by atoms with Crippen LogP contribution in [0, 0.1) is 5.82 Å². The molecule has 242 valence electrons. The van der Waals surface area contributed by atoms with Crippen LogP contribution in [0.25, 0.3) is 11.8 Å². The Labute approximate surface area is 279 Å². The third-order valence-corrected chi connectivity index (χ3v) is 7.74. The van der Waals surface area contributed by atoms with E-state index in [1.54, 1.807) is 42.5 Å². The maximum absolute atomic E-state index is 14.8. The van der Waals surface area contributed by atoms with Gasteiger partial charge in [-0.15, -0.1) is 0 Å². The van der Waals surface area contributed by atoms with Gasteiger partial charge in [0.25, 0.3) is 0 Å². The highest BCUT2D eigenvalue weighted by Gasteiger charge is 2.27. The molecule has 0 spiro atoms. The first-order valence-corrected chi connectivity index (χ1v) is 15.2. The highest BCUT2D eigenvalue weighted by atomic mass is 35.5. The summed E-state index contributed by atoms with van der Waals surface area (Å²) < 4.78 is 19.5.